The van der Waals surface area contributed by atoms with E-state index in [0.717, 1.165) is 29.8 Å². The van der Waals surface area contributed by atoms with Crippen LogP contribution >= 0.6 is 11.3 Å². The molecule has 118 valence electrons. The molecular weight excluding hydrogens is 294 g/mol. The fourth-order valence-electron chi connectivity index (χ4n) is 3.03. The van der Waals surface area contributed by atoms with E-state index in [1.165, 1.54) is 30.0 Å². The van der Waals surface area contributed by atoms with Gasteiger partial charge in [0.2, 0.25) is 0 Å². The summed E-state index contributed by atoms with van der Waals surface area (Å²) in [6, 6.07) is 8.48. The molecule has 1 fully saturated rings. The number of hydrogen-bond donors (Lipinski definition) is 1. The molecule has 4 nitrogen and oxygen atoms in total. The minimum Gasteiger partial charge on any atom is -0.497 e. The van der Waals surface area contributed by atoms with Gasteiger partial charge < -0.3 is 10.1 Å². The van der Waals surface area contributed by atoms with Gasteiger partial charge in [-0.05, 0) is 43.0 Å². The van der Waals surface area contributed by atoms with Gasteiger partial charge >= 0.3 is 0 Å². The number of benzene rings is 1. The highest BCUT2D eigenvalue weighted by Gasteiger charge is 2.23. The normalized spacial score (nSPS) is 18.5. The Kier molecular flexibility index (Phi) is 4.95. The van der Waals surface area contributed by atoms with Crippen molar-refractivity contribution < 1.29 is 4.74 Å². The maximum atomic E-state index is 5.22. The number of aromatic nitrogens is 1. The second kappa shape index (κ2) is 7.11. The number of nitrogens with zero attached hydrogens (tertiary/aromatic N) is 2. The van der Waals surface area contributed by atoms with E-state index < -0.39 is 0 Å². The van der Waals surface area contributed by atoms with Crippen LogP contribution in [0, 0.1) is 5.92 Å². The zero-order chi connectivity index (χ0) is 15.4. The molecular formula is C17H23N3OS. The lowest BCUT2D eigenvalue weighted by Crippen LogP contribution is -2.20. The maximum absolute atomic E-state index is 5.22. The Balaban J connectivity index is 1.51. The van der Waals surface area contributed by atoms with Gasteiger partial charge in [-0.25, -0.2) is 4.98 Å². The van der Waals surface area contributed by atoms with Crippen LogP contribution in [0.15, 0.2) is 30.5 Å². The second-order valence-electron chi connectivity index (χ2n) is 5.82. The number of hydrogen-bond acceptors (Lipinski definition) is 5. The van der Waals surface area contributed by atoms with E-state index in [-0.39, 0.29) is 0 Å². The first-order valence-electron chi connectivity index (χ1n) is 7.74. The zero-order valence-corrected chi connectivity index (χ0v) is 14.0. The van der Waals surface area contributed by atoms with Gasteiger partial charge in [0.05, 0.1) is 7.11 Å². The molecule has 0 saturated carbocycles. The van der Waals surface area contributed by atoms with Crippen LogP contribution in [0.3, 0.4) is 0 Å². The summed E-state index contributed by atoms with van der Waals surface area (Å²) >= 11 is 1.75. The third-order valence-corrected chi connectivity index (χ3v) is 5.20. The number of rotatable bonds is 6. The summed E-state index contributed by atoms with van der Waals surface area (Å²) < 4.78 is 5.22. The minimum absolute atomic E-state index is 0.755. The molecule has 5 heteroatoms. The Hall–Kier alpha value is -1.59. The van der Waals surface area contributed by atoms with Crippen LogP contribution in [-0.4, -0.2) is 37.1 Å². The molecule has 0 aliphatic carbocycles. The van der Waals surface area contributed by atoms with Gasteiger partial charge in [-0.2, -0.15) is 0 Å². The first-order valence-corrected chi connectivity index (χ1v) is 8.56. The van der Waals surface area contributed by atoms with Crippen molar-refractivity contribution in [3.8, 4) is 5.75 Å². The molecule has 1 aromatic heterocycles. The molecule has 0 bridgehead atoms. The zero-order valence-electron chi connectivity index (χ0n) is 13.2. The topological polar surface area (TPSA) is 37.4 Å². The first kappa shape index (κ1) is 15.3. The first-order chi connectivity index (χ1) is 10.8. The van der Waals surface area contributed by atoms with E-state index >= 15 is 0 Å². The van der Waals surface area contributed by atoms with Crippen LogP contribution in [0.5, 0.6) is 5.75 Å². The summed E-state index contributed by atoms with van der Waals surface area (Å²) in [5.74, 6) is 1.69. The third-order valence-electron chi connectivity index (χ3n) is 4.20. The Morgan fingerprint density at radius 2 is 2.18 bits per heavy atom. The van der Waals surface area contributed by atoms with Crippen LogP contribution in [0.2, 0.25) is 0 Å². The third kappa shape index (κ3) is 3.78. The van der Waals surface area contributed by atoms with Gasteiger partial charge in [0.1, 0.15) is 5.75 Å². The van der Waals surface area contributed by atoms with Gasteiger partial charge in [0.15, 0.2) is 5.13 Å². The summed E-state index contributed by atoms with van der Waals surface area (Å²) in [5.41, 5.74) is 1.41. The molecule has 1 atom stereocenters. The van der Waals surface area contributed by atoms with Crippen LogP contribution in [0.1, 0.15) is 16.9 Å². The van der Waals surface area contributed by atoms with Crippen LogP contribution in [0.25, 0.3) is 0 Å². The Labute approximate surface area is 136 Å². The van der Waals surface area contributed by atoms with E-state index in [9.17, 15) is 0 Å². The van der Waals surface area contributed by atoms with Crippen molar-refractivity contribution in [2.24, 2.45) is 5.92 Å². The number of nitrogens with one attached hydrogen (secondary N) is 1. The summed E-state index contributed by atoms with van der Waals surface area (Å²) in [7, 11) is 3.63. The fraction of sp³-hybridized carbons (Fsp3) is 0.471. The van der Waals surface area contributed by atoms with Crippen molar-refractivity contribution in [3.63, 3.8) is 0 Å². The Morgan fingerprint density at radius 3 is 2.86 bits per heavy atom. The van der Waals surface area contributed by atoms with Crippen molar-refractivity contribution >= 4 is 16.5 Å². The summed E-state index contributed by atoms with van der Waals surface area (Å²) in [6.45, 7) is 3.39. The maximum Gasteiger partial charge on any atom is 0.182 e. The van der Waals surface area contributed by atoms with Crippen molar-refractivity contribution in [1.29, 1.82) is 0 Å². The predicted octanol–water partition coefficient (Wildman–Crippen LogP) is 3.26. The lowest BCUT2D eigenvalue weighted by Gasteiger charge is -2.14. The molecule has 22 heavy (non-hydrogen) atoms. The average molecular weight is 317 g/mol. The monoisotopic (exact) mass is 317 g/mol. The number of thiazole rings is 1. The molecule has 1 aromatic carbocycles. The summed E-state index contributed by atoms with van der Waals surface area (Å²) in [6.07, 6.45) is 4.43. The highest BCUT2D eigenvalue weighted by atomic mass is 32.1. The molecule has 0 radical (unpaired) electrons. The molecule has 1 aliphatic rings. The fourth-order valence-corrected chi connectivity index (χ4v) is 3.84. The van der Waals surface area contributed by atoms with Crippen molar-refractivity contribution in [2.45, 2.75) is 19.4 Å². The summed E-state index contributed by atoms with van der Waals surface area (Å²) in [4.78, 5) is 8.23. The van der Waals surface area contributed by atoms with Crippen molar-refractivity contribution in [1.82, 2.24) is 9.88 Å². The van der Waals surface area contributed by atoms with Gasteiger partial charge in [0.25, 0.3) is 0 Å². The SMILES string of the molecule is CNc1ncc(CN2CCC(Cc3ccc(OC)cc3)C2)s1. The number of methoxy groups -OCH3 is 1. The molecule has 1 saturated heterocycles. The van der Waals surface area contributed by atoms with Crippen molar-refractivity contribution in [2.75, 3.05) is 32.6 Å². The van der Waals surface area contributed by atoms with E-state index in [2.05, 4.69) is 39.5 Å². The molecule has 2 heterocycles. The molecule has 1 aliphatic heterocycles. The smallest absolute Gasteiger partial charge is 0.182 e. The van der Waals surface area contributed by atoms with E-state index in [4.69, 9.17) is 4.74 Å². The predicted molar refractivity (Wildman–Crippen MR) is 91.7 cm³/mol. The lowest BCUT2D eigenvalue weighted by atomic mass is 9.99. The number of likely N-dealkylation sites (tertiary alicyclic amines) is 1. The average Bonchev–Trinajstić information content (AvgIpc) is 3.18. The van der Waals surface area contributed by atoms with E-state index in [1.54, 1.807) is 18.4 Å². The molecule has 1 unspecified atom stereocenters. The second-order valence-corrected chi connectivity index (χ2v) is 6.94. The quantitative estimate of drug-likeness (QED) is 0.887. The Morgan fingerprint density at radius 1 is 1.36 bits per heavy atom. The minimum atomic E-state index is 0.755. The largest absolute Gasteiger partial charge is 0.497 e. The summed E-state index contributed by atoms with van der Waals surface area (Å²) in [5, 5.41) is 4.11. The van der Waals surface area contributed by atoms with E-state index in [0.29, 0.717) is 0 Å². The number of ether oxygens (including phenoxy) is 1. The standard InChI is InChI=1S/C17H23N3OS/c1-18-17-19-10-16(22-17)12-20-8-7-14(11-20)9-13-3-5-15(21-2)6-4-13/h3-6,10,14H,7-9,11-12H2,1-2H3,(H,18,19). The van der Waals surface area contributed by atoms with Gasteiger partial charge in [-0.1, -0.05) is 12.1 Å². The van der Waals surface area contributed by atoms with Crippen LogP contribution < -0.4 is 10.1 Å². The molecule has 1 N–H and O–H groups in total. The molecule has 3 rings (SSSR count). The molecule has 2 aromatic rings. The van der Waals surface area contributed by atoms with Crippen LogP contribution in [-0.2, 0) is 13.0 Å². The highest BCUT2D eigenvalue weighted by Crippen LogP contribution is 2.25. The molecule has 0 amide bonds. The van der Waals surface area contributed by atoms with Gasteiger partial charge in [0, 0.05) is 31.2 Å². The Bertz CT molecular complexity index is 596. The molecule has 0 spiro atoms. The highest BCUT2D eigenvalue weighted by molar-refractivity contribution is 7.15. The lowest BCUT2D eigenvalue weighted by molar-refractivity contribution is 0.319. The van der Waals surface area contributed by atoms with Gasteiger partial charge in [-0.3, -0.25) is 4.90 Å². The van der Waals surface area contributed by atoms with Gasteiger partial charge in [-0.15, -0.1) is 11.3 Å². The van der Waals surface area contributed by atoms with Crippen molar-refractivity contribution in [3.05, 3.63) is 40.9 Å². The number of anilines is 1. The van der Waals surface area contributed by atoms with Crippen LogP contribution in [0.4, 0.5) is 5.13 Å². The van der Waals surface area contributed by atoms with E-state index in [1.807, 2.05) is 13.2 Å².